The number of hydrogen-bond acceptors (Lipinski definition) is 2. The zero-order valence-corrected chi connectivity index (χ0v) is 30.3. The van der Waals surface area contributed by atoms with Crippen molar-refractivity contribution in [1.82, 2.24) is 0 Å². The normalized spacial score (nSPS) is 16.5. The summed E-state index contributed by atoms with van der Waals surface area (Å²) in [7, 11) is 0. The molecule has 1 aliphatic carbocycles. The van der Waals surface area contributed by atoms with Crippen molar-refractivity contribution in [3.05, 3.63) is 179 Å². The van der Waals surface area contributed by atoms with Gasteiger partial charge in [-0.1, -0.05) is 139 Å². The average molecular weight is 659 g/mol. The zero-order chi connectivity index (χ0) is 34.9. The summed E-state index contributed by atoms with van der Waals surface area (Å²) in [5.41, 5.74) is 17.9. The third-order valence-corrected chi connectivity index (χ3v) is 12.4. The van der Waals surface area contributed by atoms with Crippen LogP contribution in [-0.2, 0) is 16.2 Å². The summed E-state index contributed by atoms with van der Waals surface area (Å²) < 4.78 is 0. The molecule has 0 aromatic heterocycles. The van der Waals surface area contributed by atoms with Crippen LogP contribution in [0.4, 0.5) is 34.1 Å². The van der Waals surface area contributed by atoms with Crippen LogP contribution in [0.5, 0.6) is 0 Å². The summed E-state index contributed by atoms with van der Waals surface area (Å²) in [5, 5.41) is 2.71. The number of fused-ring (bicyclic) bond motifs is 7. The molecule has 3 aliphatic rings. The third kappa shape index (κ3) is 3.94. The van der Waals surface area contributed by atoms with Crippen LogP contribution in [0.3, 0.4) is 0 Å². The Hall–Kier alpha value is -5.60. The molecule has 248 valence electrons. The lowest BCUT2D eigenvalue weighted by Crippen LogP contribution is -2.38. The number of anilines is 6. The monoisotopic (exact) mass is 658 g/mol. The van der Waals surface area contributed by atoms with Crippen molar-refractivity contribution in [3.8, 4) is 11.1 Å². The fraction of sp³-hybridized carbons (Fsp3) is 0.184. The Labute approximate surface area is 301 Å². The molecule has 0 saturated carbocycles. The third-order valence-electron chi connectivity index (χ3n) is 12.4. The van der Waals surface area contributed by atoms with Gasteiger partial charge in [0.2, 0.25) is 0 Å². The second-order valence-electron chi connectivity index (χ2n) is 16.2. The van der Waals surface area contributed by atoms with Gasteiger partial charge in [-0.15, -0.1) is 0 Å². The summed E-state index contributed by atoms with van der Waals surface area (Å²) >= 11 is 0. The molecule has 0 fully saturated rings. The van der Waals surface area contributed by atoms with Crippen LogP contribution in [0.2, 0.25) is 0 Å². The second-order valence-corrected chi connectivity index (χ2v) is 16.2. The summed E-state index contributed by atoms with van der Waals surface area (Å²) in [6.45, 7) is 14.5. The summed E-state index contributed by atoms with van der Waals surface area (Å²) in [5.74, 6) is 0. The van der Waals surface area contributed by atoms with Gasteiger partial charge in [-0.2, -0.15) is 0 Å². The van der Waals surface area contributed by atoms with Gasteiger partial charge < -0.3 is 9.80 Å². The molecule has 0 spiro atoms. The van der Waals surface area contributed by atoms with Crippen LogP contribution in [0.1, 0.15) is 74.9 Å². The van der Waals surface area contributed by atoms with Crippen LogP contribution in [-0.4, -0.2) is 0 Å². The lowest BCUT2D eigenvalue weighted by atomic mass is 9.63. The van der Waals surface area contributed by atoms with E-state index >= 15 is 0 Å². The van der Waals surface area contributed by atoms with Crippen molar-refractivity contribution in [2.24, 2.45) is 0 Å². The van der Waals surface area contributed by atoms with Crippen LogP contribution in [0, 0.1) is 0 Å². The van der Waals surface area contributed by atoms with Crippen molar-refractivity contribution < 1.29 is 0 Å². The molecule has 0 amide bonds. The quantitative estimate of drug-likeness (QED) is 0.186. The highest BCUT2D eigenvalue weighted by molar-refractivity contribution is 6.13. The minimum atomic E-state index is -0.222. The molecule has 0 unspecified atom stereocenters. The molecule has 0 bridgehead atoms. The largest absolute Gasteiger partial charge is 0.310 e. The van der Waals surface area contributed by atoms with E-state index < -0.39 is 0 Å². The van der Waals surface area contributed by atoms with E-state index in [1.165, 1.54) is 78.0 Å². The summed E-state index contributed by atoms with van der Waals surface area (Å²) in [6, 6.07) is 54.3. The lowest BCUT2D eigenvalue weighted by Gasteiger charge is -2.50. The van der Waals surface area contributed by atoms with Crippen LogP contribution in [0.15, 0.2) is 146 Å². The molecule has 2 heteroatoms. The number of hydrogen-bond donors (Lipinski definition) is 0. The Bertz CT molecular complexity index is 2520. The minimum Gasteiger partial charge on any atom is -0.310 e. The van der Waals surface area contributed by atoms with Gasteiger partial charge in [0.15, 0.2) is 0 Å². The summed E-state index contributed by atoms with van der Waals surface area (Å²) in [6.07, 6.45) is 0. The predicted molar refractivity (Wildman–Crippen MR) is 215 cm³/mol. The molecule has 2 heterocycles. The molecule has 2 aliphatic heterocycles. The molecule has 0 atom stereocenters. The zero-order valence-electron chi connectivity index (χ0n) is 30.3. The van der Waals surface area contributed by atoms with Crippen molar-refractivity contribution in [3.63, 3.8) is 0 Å². The molecule has 0 radical (unpaired) electrons. The van der Waals surface area contributed by atoms with E-state index in [0.717, 1.165) is 11.4 Å². The van der Waals surface area contributed by atoms with E-state index in [0.29, 0.717) is 0 Å². The van der Waals surface area contributed by atoms with E-state index in [1.54, 1.807) is 0 Å². The Balaban J connectivity index is 1.26. The first-order chi connectivity index (χ1) is 24.6. The number of nitrogens with zero attached hydrogens (tertiary/aromatic N) is 2. The maximum Gasteiger partial charge on any atom is 0.0581 e. The van der Waals surface area contributed by atoms with Crippen molar-refractivity contribution in [2.45, 2.75) is 57.8 Å². The molecular weight excluding hydrogens is 617 g/mol. The van der Waals surface area contributed by atoms with Gasteiger partial charge in [0.05, 0.1) is 17.1 Å². The van der Waals surface area contributed by atoms with Crippen molar-refractivity contribution in [2.75, 3.05) is 9.80 Å². The molecule has 10 rings (SSSR count). The van der Waals surface area contributed by atoms with E-state index in [2.05, 4.69) is 197 Å². The van der Waals surface area contributed by atoms with Crippen molar-refractivity contribution in [1.29, 1.82) is 0 Å². The molecular formula is C49H42N2. The van der Waals surface area contributed by atoms with Gasteiger partial charge in [-0.05, 0) is 98.4 Å². The van der Waals surface area contributed by atoms with Crippen LogP contribution >= 0.6 is 0 Å². The Morgan fingerprint density at radius 2 is 0.941 bits per heavy atom. The first-order valence-electron chi connectivity index (χ1n) is 18.3. The SMILES string of the molecule is CC1(C)c2ccccc2N2c3c1cccc3C(C)(C)c1cc3c4c(cccc4c12)C(C)(C)c1cc(N(c2ccccc2)c2ccccc2)ccc1-3. The first kappa shape index (κ1) is 30.2. The van der Waals surface area contributed by atoms with E-state index in [-0.39, 0.29) is 16.2 Å². The van der Waals surface area contributed by atoms with Gasteiger partial charge in [0.25, 0.3) is 0 Å². The average Bonchev–Trinajstić information content (AvgIpc) is 3.15. The maximum atomic E-state index is 2.62. The van der Waals surface area contributed by atoms with E-state index in [1.807, 2.05) is 0 Å². The van der Waals surface area contributed by atoms with Crippen molar-refractivity contribution >= 4 is 44.9 Å². The smallest absolute Gasteiger partial charge is 0.0581 e. The van der Waals surface area contributed by atoms with Crippen LogP contribution < -0.4 is 9.80 Å². The highest BCUT2D eigenvalue weighted by Gasteiger charge is 2.47. The van der Waals surface area contributed by atoms with Gasteiger partial charge >= 0.3 is 0 Å². The highest BCUT2D eigenvalue weighted by Crippen LogP contribution is 2.63. The molecule has 7 aromatic rings. The number of benzene rings is 7. The second kappa shape index (κ2) is 10.2. The molecule has 0 N–H and O–H groups in total. The highest BCUT2D eigenvalue weighted by atomic mass is 15.2. The number of rotatable bonds is 3. The minimum absolute atomic E-state index is 0.107. The molecule has 0 saturated heterocycles. The van der Waals surface area contributed by atoms with Gasteiger partial charge in [-0.25, -0.2) is 0 Å². The molecule has 7 aromatic carbocycles. The topological polar surface area (TPSA) is 6.48 Å². The lowest BCUT2D eigenvalue weighted by molar-refractivity contribution is 0.598. The van der Waals surface area contributed by atoms with Crippen LogP contribution in [0.25, 0.3) is 21.9 Å². The maximum absolute atomic E-state index is 2.62. The fourth-order valence-corrected chi connectivity index (χ4v) is 9.72. The van der Waals surface area contributed by atoms with E-state index in [4.69, 9.17) is 0 Å². The molecule has 2 nitrogen and oxygen atoms in total. The summed E-state index contributed by atoms with van der Waals surface area (Å²) in [4.78, 5) is 5.00. The Morgan fingerprint density at radius 3 is 1.63 bits per heavy atom. The van der Waals surface area contributed by atoms with Gasteiger partial charge in [0.1, 0.15) is 0 Å². The fourth-order valence-electron chi connectivity index (χ4n) is 9.72. The molecule has 51 heavy (non-hydrogen) atoms. The van der Waals surface area contributed by atoms with E-state index in [9.17, 15) is 0 Å². The number of para-hydroxylation sites is 4. The standard InChI is InChI=1S/C49H42N2/c1-47(2)37-22-13-14-26-43(37)51-45-35-21-15-23-38-44(35)36(30-42(45)49(5,6)40-25-16-24-39(47)46(40)51)34-28-27-33(29-41(34)48(38,3)4)50(31-17-9-7-10-18-31)32-19-11-8-12-20-32/h7-30H,1-6H3. The predicted octanol–water partition coefficient (Wildman–Crippen LogP) is 13.4. The van der Waals surface area contributed by atoms with Gasteiger partial charge in [-0.3, -0.25) is 0 Å². The Morgan fingerprint density at radius 1 is 0.392 bits per heavy atom. The Kier molecular flexibility index (Phi) is 6.07. The van der Waals surface area contributed by atoms with Gasteiger partial charge in [0, 0.05) is 38.7 Å². The first-order valence-corrected chi connectivity index (χ1v) is 18.3.